The normalized spacial score (nSPS) is 13.8. The molecule has 2 heterocycles. The lowest BCUT2D eigenvalue weighted by Gasteiger charge is -2.09. The number of pyridine rings is 1. The monoisotopic (exact) mass is 351 g/mol. The molecule has 1 aliphatic carbocycles. The van der Waals surface area contributed by atoms with Gasteiger partial charge in [-0.15, -0.1) is 0 Å². The Morgan fingerprint density at radius 1 is 1.31 bits per heavy atom. The molecule has 0 aliphatic heterocycles. The van der Waals surface area contributed by atoms with Crippen LogP contribution in [0.2, 0.25) is 0 Å². The van der Waals surface area contributed by atoms with E-state index in [1.165, 1.54) is 0 Å². The molecule has 1 amide bonds. The topological polar surface area (TPSA) is 77.2 Å². The minimum atomic E-state index is -0.154. The molecule has 0 bridgehead atoms. The fourth-order valence-corrected chi connectivity index (χ4v) is 3.01. The van der Waals surface area contributed by atoms with Gasteiger partial charge in [-0.1, -0.05) is 17.3 Å². The van der Waals surface area contributed by atoms with Crippen LogP contribution in [0, 0.1) is 13.8 Å². The number of nitrogens with one attached hydrogen (secondary N) is 1. The van der Waals surface area contributed by atoms with Crippen molar-refractivity contribution in [2.45, 2.75) is 32.6 Å². The molecule has 4 rings (SSSR count). The van der Waals surface area contributed by atoms with Crippen molar-refractivity contribution < 1.29 is 14.1 Å². The fraction of sp³-hybridized carbons (Fsp3) is 0.350. The Bertz CT molecular complexity index is 960. The Labute approximate surface area is 151 Å². The number of carbonyl (C=O) groups excluding carboxylic acids is 1. The summed E-state index contributed by atoms with van der Waals surface area (Å²) < 4.78 is 11.0. The van der Waals surface area contributed by atoms with E-state index in [9.17, 15) is 4.79 Å². The number of nitrogens with zero attached hydrogens (tertiary/aromatic N) is 2. The molecule has 0 unspecified atom stereocenters. The van der Waals surface area contributed by atoms with E-state index in [0.717, 1.165) is 29.8 Å². The van der Waals surface area contributed by atoms with Gasteiger partial charge >= 0.3 is 0 Å². The van der Waals surface area contributed by atoms with Crippen LogP contribution in [-0.4, -0.2) is 29.2 Å². The van der Waals surface area contributed by atoms with E-state index in [2.05, 4.69) is 15.5 Å². The molecule has 0 radical (unpaired) electrons. The second kappa shape index (κ2) is 6.78. The van der Waals surface area contributed by atoms with Crippen LogP contribution >= 0.6 is 0 Å². The van der Waals surface area contributed by atoms with Gasteiger partial charge in [0.05, 0.1) is 23.2 Å². The van der Waals surface area contributed by atoms with Crippen LogP contribution < -0.4 is 10.1 Å². The van der Waals surface area contributed by atoms with Gasteiger partial charge in [0.15, 0.2) is 0 Å². The van der Waals surface area contributed by atoms with E-state index >= 15 is 0 Å². The van der Waals surface area contributed by atoms with Gasteiger partial charge in [0.1, 0.15) is 12.4 Å². The summed E-state index contributed by atoms with van der Waals surface area (Å²) in [5.41, 5.74) is 3.74. The molecular weight excluding hydrogens is 330 g/mol. The zero-order valence-electron chi connectivity index (χ0n) is 14.9. The molecule has 6 heteroatoms. The number of rotatable bonds is 6. The summed E-state index contributed by atoms with van der Waals surface area (Å²) >= 11 is 0. The van der Waals surface area contributed by atoms with Gasteiger partial charge in [0.25, 0.3) is 11.6 Å². The van der Waals surface area contributed by atoms with Gasteiger partial charge in [-0.2, -0.15) is 0 Å². The van der Waals surface area contributed by atoms with E-state index in [0.29, 0.717) is 41.4 Å². The lowest BCUT2D eigenvalue weighted by Crippen LogP contribution is -2.28. The van der Waals surface area contributed by atoms with Crippen LogP contribution in [-0.2, 0) is 0 Å². The minimum Gasteiger partial charge on any atom is -0.492 e. The summed E-state index contributed by atoms with van der Waals surface area (Å²) in [5, 5.41) is 7.57. The van der Waals surface area contributed by atoms with Crippen LogP contribution in [0.1, 0.15) is 46.1 Å². The van der Waals surface area contributed by atoms with Crippen molar-refractivity contribution in [3.63, 3.8) is 0 Å². The summed E-state index contributed by atoms with van der Waals surface area (Å²) in [6, 6.07) is 9.72. The first-order valence-corrected chi connectivity index (χ1v) is 8.86. The number of benzene rings is 1. The summed E-state index contributed by atoms with van der Waals surface area (Å²) in [6.07, 6.45) is 2.22. The van der Waals surface area contributed by atoms with Crippen LogP contribution in [0.5, 0.6) is 5.75 Å². The Morgan fingerprint density at radius 3 is 2.92 bits per heavy atom. The lowest BCUT2D eigenvalue weighted by molar-refractivity contribution is 0.0948. The molecule has 1 N–H and O–H groups in total. The number of hydrogen-bond donors (Lipinski definition) is 1. The van der Waals surface area contributed by atoms with Gasteiger partial charge in [-0.3, -0.25) is 4.79 Å². The summed E-state index contributed by atoms with van der Waals surface area (Å²) in [7, 11) is 0. The van der Waals surface area contributed by atoms with Gasteiger partial charge in [-0.25, -0.2) is 4.98 Å². The highest BCUT2D eigenvalue weighted by atomic mass is 16.5. The number of carbonyl (C=O) groups is 1. The minimum absolute atomic E-state index is 0.154. The standard InChI is InChI=1S/C20H21N3O3/c1-12-4-3-5-15(10-12)25-9-8-21-19(24)16-11-17(14-6-7-14)22-20-18(16)13(2)23-26-20/h3-5,10-11,14H,6-9H2,1-2H3,(H,21,24). The van der Waals surface area contributed by atoms with Crippen molar-refractivity contribution in [3.8, 4) is 5.75 Å². The number of aryl methyl sites for hydroxylation is 2. The summed E-state index contributed by atoms with van der Waals surface area (Å²) in [4.78, 5) is 17.2. The Balaban J connectivity index is 1.45. The quantitative estimate of drug-likeness (QED) is 0.688. The molecule has 0 spiro atoms. The van der Waals surface area contributed by atoms with Crippen molar-refractivity contribution in [2.75, 3.05) is 13.2 Å². The zero-order valence-corrected chi connectivity index (χ0v) is 14.9. The maximum absolute atomic E-state index is 12.7. The van der Waals surface area contributed by atoms with Gasteiger partial charge in [0, 0.05) is 11.6 Å². The number of ether oxygens (including phenoxy) is 1. The molecule has 6 nitrogen and oxygen atoms in total. The smallest absolute Gasteiger partial charge is 0.259 e. The predicted octanol–water partition coefficient (Wildman–Crippen LogP) is 3.53. The molecule has 3 aromatic rings. The van der Waals surface area contributed by atoms with E-state index in [-0.39, 0.29) is 5.91 Å². The van der Waals surface area contributed by atoms with Crippen molar-refractivity contribution >= 4 is 17.0 Å². The molecule has 134 valence electrons. The van der Waals surface area contributed by atoms with Gasteiger partial charge < -0.3 is 14.6 Å². The third kappa shape index (κ3) is 3.40. The first-order chi connectivity index (χ1) is 12.6. The SMILES string of the molecule is Cc1cccc(OCCNC(=O)c2cc(C3CC3)nc3onc(C)c23)c1. The molecular formula is C20H21N3O3. The Kier molecular flexibility index (Phi) is 4.32. The van der Waals surface area contributed by atoms with Gasteiger partial charge in [-0.05, 0) is 50.5 Å². The number of amides is 1. The van der Waals surface area contributed by atoms with Crippen LogP contribution in [0.3, 0.4) is 0 Å². The van der Waals surface area contributed by atoms with E-state index in [1.807, 2.05) is 44.2 Å². The lowest BCUT2D eigenvalue weighted by atomic mass is 10.1. The van der Waals surface area contributed by atoms with Crippen molar-refractivity contribution in [3.05, 3.63) is 52.8 Å². The second-order valence-electron chi connectivity index (χ2n) is 6.74. The average molecular weight is 351 g/mol. The Morgan fingerprint density at radius 2 is 2.15 bits per heavy atom. The van der Waals surface area contributed by atoms with E-state index in [1.54, 1.807) is 0 Å². The van der Waals surface area contributed by atoms with Crippen molar-refractivity contribution in [2.24, 2.45) is 0 Å². The molecule has 26 heavy (non-hydrogen) atoms. The number of hydrogen-bond acceptors (Lipinski definition) is 5. The molecule has 0 saturated heterocycles. The second-order valence-corrected chi connectivity index (χ2v) is 6.74. The molecule has 1 saturated carbocycles. The highest BCUT2D eigenvalue weighted by Crippen LogP contribution is 2.40. The summed E-state index contributed by atoms with van der Waals surface area (Å²) in [6.45, 7) is 4.66. The van der Waals surface area contributed by atoms with Crippen LogP contribution in [0.15, 0.2) is 34.9 Å². The highest BCUT2D eigenvalue weighted by Gasteiger charge is 2.28. The maximum atomic E-state index is 12.7. The first-order valence-electron chi connectivity index (χ1n) is 8.86. The predicted molar refractivity (Wildman–Crippen MR) is 97.5 cm³/mol. The first kappa shape index (κ1) is 16.6. The van der Waals surface area contributed by atoms with Crippen molar-refractivity contribution in [1.29, 1.82) is 0 Å². The van der Waals surface area contributed by atoms with E-state index in [4.69, 9.17) is 9.26 Å². The van der Waals surface area contributed by atoms with E-state index < -0.39 is 0 Å². The largest absolute Gasteiger partial charge is 0.492 e. The zero-order chi connectivity index (χ0) is 18.1. The third-order valence-corrected chi connectivity index (χ3v) is 4.52. The fourth-order valence-electron chi connectivity index (χ4n) is 3.01. The molecule has 1 fully saturated rings. The molecule has 1 aliphatic rings. The maximum Gasteiger partial charge on any atom is 0.259 e. The highest BCUT2D eigenvalue weighted by molar-refractivity contribution is 6.06. The summed E-state index contributed by atoms with van der Waals surface area (Å²) in [5.74, 6) is 1.08. The number of fused-ring (bicyclic) bond motifs is 1. The third-order valence-electron chi connectivity index (χ3n) is 4.52. The molecule has 2 aromatic heterocycles. The average Bonchev–Trinajstić information content (AvgIpc) is 3.42. The van der Waals surface area contributed by atoms with Crippen molar-refractivity contribution in [1.82, 2.24) is 15.5 Å². The Hall–Kier alpha value is -2.89. The molecule has 1 aromatic carbocycles. The number of aromatic nitrogens is 2. The van der Waals surface area contributed by atoms with Gasteiger partial charge in [0.2, 0.25) is 0 Å². The van der Waals surface area contributed by atoms with Crippen LogP contribution in [0.4, 0.5) is 0 Å². The van der Waals surface area contributed by atoms with Crippen LogP contribution in [0.25, 0.3) is 11.1 Å². The molecule has 0 atom stereocenters.